The highest BCUT2D eigenvalue weighted by Gasteiger charge is 2.65. The Bertz CT molecular complexity index is 301. The van der Waals surface area contributed by atoms with Crippen molar-refractivity contribution < 1.29 is 49.0 Å². The van der Waals surface area contributed by atoms with Crippen LogP contribution >= 0.6 is 0 Å². The van der Waals surface area contributed by atoms with Crippen molar-refractivity contribution in [2.75, 3.05) is 0 Å². The van der Waals surface area contributed by atoms with Crippen molar-refractivity contribution in [1.29, 1.82) is 0 Å². The van der Waals surface area contributed by atoms with Crippen LogP contribution in [0.2, 0.25) is 0 Å². The Kier molecular flexibility index (Phi) is 4.32. The van der Waals surface area contributed by atoms with Gasteiger partial charge in [-0.15, -0.1) is 0 Å². The van der Waals surface area contributed by atoms with E-state index >= 15 is 0 Å². The van der Waals surface area contributed by atoms with Gasteiger partial charge in [-0.05, 0) is 0 Å². The first-order valence-corrected chi connectivity index (χ1v) is 3.52. The van der Waals surface area contributed by atoms with E-state index in [4.69, 9.17) is 0 Å². The van der Waals surface area contributed by atoms with Crippen LogP contribution < -0.4 is 0 Å². The van der Waals surface area contributed by atoms with Gasteiger partial charge in [0.05, 0.1) is 0 Å². The zero-order chi connectivity index (χ0) is 14.1. The quantitative estimate of drug-likeness (QED) is 0.561. The summed E-state index contributed by atoms with van der Waals surface area (Å²) in [5.41, 5.74) is 0. The molecule has 0 bridgehead atoms. The smallest absolute Gasteiger partial charge is 0.396 e. The van der Waals surface area contributed by atoms with Crippen molar-refractivity contribution in [3.8, 4) is 0 Å². The Hall–Kier alpha value is -1.13. The van der Waals surface area contributed by atoms with Gasteiger partial charge in [-0.2, -0.15) is 39.5 Å². The molecule has 0 saturated carbocycles. The monoisotopic (exact) mass is 278 g/mol. The second-order valence-electron chi connectivity index (χ2n) is 2.58. The molecule has 0 fully saturated rings. The van der Waals surface area contributed by atoms with Crippen molar-refractivity contribution in [2.24, 2.45) is 0 Å². The van der Waals surface area contributed by atoms with Crippen LogP contribution in [0.25, 0.3) is 0 Å². The van der Waals surface area contributed by atoms with E-state index in [9.17, 15) is 39.5 Å². The van der Waals surface area contributed by atoms with Gasteiger partial charge in [0, 0.05) is 6.92 Å². The average Bonchev–Trinajstić information content (AvgIpc) is 1.97. The second-order valence-corrected chi connectivity index (χ2v) is 2.58. The molecule has 0 spiro atoms. The maximum Gasteiger partial charge on any atom is 0.496 e. The lowest BCUT2D eigenvalue weighted by atomic mass is 10.5. The van der Waals surface area contributed by atoms with Gasteiger partial charge in [-0.25, -0.2) is 4.74 Å². The van der Waals surface area contributed by atoms with Crippen LogP contribution in [0.15, 0.2) is 12.1 Å². The summed E-state index contributed by atoms with van der Waals surface area (Å²) in [5, 5.41) is 0. The topological polar surface area (TPSA) is 18.5 Å². The van der Waals surface area contributed by atoms with Crippen molar-refractivity contribution in [2.45, 2.75) is 25.2 Å². The number of hydrogen-bond donors (Lipinski definition) is 0. The molecule has 0 heterocycles. The van der Waals surface area contributed by atoms with Gasteiger partial charge in [0.2, 0.25) is 0 Å². The highest BCUT2D eigenvalue weighted by molar-refractivity contribution is 4.84. The summed E-state index contributed by atoms with van der Waals surface area (Å²) >= 11 is 0. The minimum absolute atomic E-state index is 0.321. The Morgan fingerprint density at radius 3 is 1.53 bits per heavy atom. The molecule has 0 aromatic rings. The minimum Gasteiger partial charge on any atom is -0.396 e. The molecule has 0 atom stereocenters. The van der Waals surface area contributed by atoms with Crippen LogP contribution in [-0.4, -0.2) is 18.3 Å². The van der Waals surface area contributed by atoms with Gasteiger partial charge >= 0.3 is 30.4 Å². The normalized spacial score (nSPS) is 13.5. The maximum atomic E-state index is 12.3. The van der Waals surface area contributed by atoms with Gasteiger partial charge in [0.1, 0.15) is 0 Å². The fraction of sp³-hybridized carbons (Fsp3) is 0.667. The molecule has 11 heteroatoms. The number of rotatable bonds is 5. The van der Waals surface area contributed by atoms with E-state index in [0.717, 1.165) is 0 Å². The summed E-state index contributed by atoms with van der Waals surface area (Å²) in [6, 6.07) is -3.34. The van der Waals surface area contributed by atoms with Crippen LogP contribution in [0.4, 0.5) is 39.5 Å². The van der Waals surface area contributed by atoms with Crippen molar-refractivity contribution in [3.63, 3.8) is 0 Å². The summed E-state index contributed by atoms with van der Waals surface area (Å²) in [6.45, 7) is -0.321. The van der Waals surface area contributed by atoms with Gasteiger partial charge in [0.15, 0.2) is 0 Å². The SMILES string of the molecule is CC(F)(F)OC(F)(F)C(F)(F)OC(F)=C(F)F. The summed E-state index contributed by atoms with van der Waals surface area (Å²) < 4.78 is 112. The third-order valence-electron chi connectivity index (χ3n) is 1.01. The number of hydrogen-bond acceptors (Lipinski definition) is 2. The highest BCUT2D eigenvalue weighted by atomic mass is 19.3. The molecular weight excluding hydrogens is 275 g/mol. The fourth-order valence-corrected chi connectivity index (χ4v) is 0.495. The summed E-state index contributed by atoms with van der Waals surface area (Å²) in [6.07, 6.45) is -20.2. The van der Waals surface area contributed by atoms with E-state index in [1.807, 2.05) is 0 Å². The molecule has 2 nitrogen and oxygen atoms in total. The lowest BCUT2D eigenvalue weighted by molar-refractivity contribution is -0.474. The van der Waals surface area contributed by atoms with Gasteiger partial charge in [0.25, 0.3) is 0 Å². The molecule has 0 amide bonds. The lowest BCUT2D eigenvalue weighted by Crippen LogP contribution is -2.47. The molecule has 0 aliphatic heterocycles. The molecule has 0 unspecified atom stereocenters. The zero-order valence-electron chi connectivity index (χ0n) is 7.72. The van der Waals surface area contributed by atoms with Gasteiger partial charge in [-0.3, -0.25) is 0 Å². The van der Waals surface area contributed by atoms with Crippen LogP contribution in [0.1, 0.15) is 6.92 Å². The van der Waals surface area contributed by atoms with E-state index in [1.54, 1.807) is 0 Å². The first kappa shape index (κ1) is 15.9. The number of halogens is 9. The summed E-state index contributed by atoms with van der Waals surface area (Å²) in [5.74, 6) is 0. The van der Waals surface area contributed by atoms with E-state index in [2.05, 4.69) is 9.47 Å². The van der Waals surface area contributed by atoms with E-state index in [0.29, 0.717) is 0 Å². The van der Waals surface area contributed by atoms with Crippen LogP contribution in [0.5, 0.6) is 0 Å². The van der Waals surface area contributed by atoms with Crippen LogP contribution in [-0.2, 0) is 9.47 Å². The lowest BCUT2D eigenvalue weighted by Gasteiger charge is -2.26. The molecule has 0 saturated heterocycles. The number of ether oxygens (including phenoxy) is 2. The maximum absolute atomic E-state index is 12.3. The van der Waals surface area contributed by atoms with Crippen molar-refractivity contribution in [1.82, 2.24) is 0 Å². The summed E-state index contributed by atoms with van der Waals surface area (Å²) in [4.78, 5) is 0. The minimum atomic E-state index is -6.04. The van der Waals surface area contributed by atoms with Crippen molar-refractivity contribution >= 4 is 0 Å². The van der Waals surface area contributed by atoms with Crippen LogP contribution in [0.3, 0.4) is 0 Å². The van der Waals surface area contributed by atoms with E-state index < -0.39 is 30.4 Å². The standard InChI is InChI=1S/C6H3F9O2/c1-4(10,11)17-6(14,15)5(12,13)16-3(9)2(7)8/h1H3. The second kappa shape index (κ2) is 4.63. The highest BCUT2D eigenvalue weighted by Crippen LogP contribution is 2.41. The Balaban J connectivity index is 4.98. The molecule has 0 radical (unpaired) electrons. The molecular formula is C6H3F9O2. The predicted octanol–water partition coefficient (Wildman–Crippen LogP) is 3.85. The first-order chi connectivity index (χ1) is 7.28. The van der Waals surface area contributed by atoms with Crippen molar-refractivity contribution in [3.05, 3.63) is 12.1 Å². The molecule has 17 heavy (non-hydrogen) atoms. The molecule has 0 aromatic carbocycles. The fourth-order valence-electron chi connectivity index (χ4n) is 0.495. The van der Waals surface area contributed by atoms with E-state index in [-0.39, 0.29) is 6.92 Å². The molecule has 102 valence electrons. The third kappa shape index (κ3) is 4.71. The Labute approximate surface area is 87.6 Å². The Morgan fingerprint density at radius 1 is 0.824 bits per heavy atom. The molecule has 0 rings (SSSR count). The largest absolute Gasteiger partial charge is 0.496 e. The van der Waals surface area contributed by atoms with Crippen LogP contribution in [0, 0.1) is 0 Å². The predicted molar refractivity (Wildman–Crippen MR) is 33.0 cm³/mol. The average molecular weight is 278 g/mol. The van der Waals surface area contributed by atoms with E-state index in [1.165, 1.54) is 0 Å². The first-order valence-electron chi connectivity index (χ1n) is 3.52. The summed E-state index contributed by atoms with van der Waals surface area (Å²) in [7, 11) is 0. The zero-order valence-corrected chi connectivity index (χ0v) is 7.72. The third-order valence-corrected chi connectivity index (χ3v) is 1.01. The molecule has 0 aliphatic rings. The molecule has 0 N–H and O–H groups in total. The van der Waals surface area contributed by atoms with Gasteiger partial charge < -0.3 is 4.74 Å². The van der Waals surface area contributed by atoms with Gasteiger partial charge in [-0.1, -0.05) is 0 Å². The molecule has 0 aromatic heterocycles. The molecule has 0 aliphatic carbocycles. The number of alkyl halides is 6. The Morgan fingerprint density at radius 2 is 1.24 bits per heavy atom.